The molecule has 0 fully saturated rings. The molecular formula is C23H22Cl2NO7PS. The average molecular weight is 558 g/mol. The maximum Gasteiger partial charge on any atom is 0.510 e. The second kappa shape index (κ2) is 12.0. The van der Waals surface area contributed by atoms with E-state index in [0.29, 0.717) is 21.0 Å². The van der Waals surface area contributed by atoms with Crippen molar-refractivity contribution in [1.29, 1.82) is 0 Å². The standard InChI is InChI=1S/C23H22Cl2NO7PS/c1-14(2)33-23(28)31-13-32-34(29,30)21(19-12-35-20-7-6-17(25)11-18(19)20)22(27)26-9-8-15-4-3-5-16(24)10-15/h3-12,14,21H,13H2,1-2H3,(H,26,27)(H,29,30)/b9-8+. The van der Waals surface area contributed by atoms with Crippen LogP contribution in [0.15, 0.2) is 54.0 Å². The molecule has 0 bridgehead atoms. The van der Waals surface area contributed by atoms with Crippen molar-refractivity contribution >= 4 is 70.4 Å². The summed E-state index contributed by atoms with van der Waals surface area (Å²) in [6, 6.07) is 11.9. The molecule has 2 aromatic carbocycles. The Morgan fingerprint density at radius 1 is 1.17 bits per heavy atom. The number of hydrogen-bond acceptors (Lipinski definition) is 7. The van der Waals surface area contributed by atoms with Crippen LogP contribution in [0.5, 0.6) is 0 Å². The molecule has 2 atom stereocenters. The van der Waals surface area contributed by atoms with Crippen molar-refractivity contribution in [3.63, 3.8) is 0 Å². The number of carbonyl (C=O) groups is 2. The van der Waals surface area contributed by atoms with Gasteiger partial charge in [-0.2, -0.15) is 0 Å². The Morgan fingerprint density at radius 2 is 1.91 bits per heavy atom. The van der Waals surface area contributed by atoms with Crippen molar-refractivity contribution < 1.29 is 33.0 Å². The van der Waals surface area contributed by atoms with Crippen LogP contribution in [-0.4, -0.2) is 29.9 Å². The fourth-order valence-electron chi connectivity index (χ4n) is 3.06. The van der Waals surface area contributed by atoms with Gasteiger partial charge in [0, 0.05) is 20.9 Å². The molecule has 186 valence electrons. The molecule has 2 N–H and O–H groups in total. The van der Waals surface area contributed by atoms with Gasteiger partial charge in [-0.25, -0.2) is 4.79 Å². The second-order valence-corrected chi connectivity index (χ2v) is 11.2. The zero-order valence-corrected chi connectivity index (χ0v) is 21.9. The minimum atomic E-state index is -4.71. The van der Waals surface area contributed by atoms with Crippen LogP contribution in [-0.2, 0) is 23.4 Å². The number of hydrogen-bond donors (Lipinski definition) is 2. The predicted molar refractivity (Wildman–Crippen MR) is 137 cm³/mol. The third-order valence-electron chi connectivity index (χ3n) is 4.53. The molecular weight excluding hydrogens is 536 g/mol. The van der Waals surface area contributed by atoms with Crippen molar-refractivity contribution in [3.05, 3.63) is 75.2 Å². The minimum absolute atomic E-state index is 0.247. The molecule has 1 heterocycles. The molecule has 8 nitrogen and oxygen atoms in total. The molecule has 0 aliphatic rings. The molecule has 3 aromatic rings. The number of benzene rings is 2. The van der Waals surface area contributed by atoms with Crippen LogP contribution < -0.4 is 5.32 Å². The number of amides is 1. The summed E-state index contributed by atoms with van der Waals surface area (Å²) in [6.07, 6.45) is 1.39. The third kappa shape index (κ3) is 7.54. The second-order valence-electron chi connectivity index (χ2n) is 7.50. The maximum atomic E-state index is 13.2. The van der Waals surface area contributed by atoms with Gasteiger partial charge in [0.05, 0.1) is 6.10 Å². The van der Waals surface area contributed by atoms with Crippen molar-refractivity contribution in [2.75, 3.05) is 6.79 Å². The van der Waals surface area contributed by atoms with Gasteiger partial charge in [0.2, 0.25) is 12.7 Å². The van der Waals surface area contributed by atoms with Gasteiger partial charge in [-0.15, -0.1) is 11.3 Å². The molecule has 0 saturated carbocycles. The Morgan fingerprint density at radius 3 is 2.63 bits per heavy atom. The van der Waals surface area contributed by atoms with Crippen LogP contribution in [0.1, 0.15) is 30.6 Å². The first-order chi connectivity index (χ1) is 16.6. The monoisotopic (exact) mass is 557 g/mol. The molecule has 1 aromatic heterocycles. The number of fused-ring (bicyclic) bond motifs is 1. The summed E-state index contributed by atoms with van der Waals surface area (Å²) < 4.78 is 28.5. The Balaban J connectivity index is 1.86. The number of halogens is 2. The Labute approximate surface area is 215 Å². The van der Waals surface area contributed by atoms with E-state index in [1.54, 1.807) is 67.8 Å². The zero-order chi connectivity index (χ0) is 25.6. The van der Waals surface area contributed by atoms with E-state index in [1.807, 2.05) is 0 Å². The van der Waals surface area contributed by atoms with E-state index in [9.17, 15) is 19.0 Å². The number of rotatable bonds is 9. The predicted octanol–water partition coefficient (Wildman–Crippen LogP) is 6.76. The van der Waals surface area contributed by atoms with E-state index in [2.05, 4.69) is 5.32 Å². The lowest BCUT2D eigenvalue weighted by Gasteiger charge is -2.21. The first kappa shape index (κ1) is 27.2. The number of carbonyl (C=O) groups excluding carboxylic acids is 2. The highest BCUT2D eigenvalue weighted by molar-refractivity contribution is 7.54. The smallest absolute Gasteiger partial charge is 0.432 e. The molecule has 0 radical (unpaired) electrons. The molecule has 1 amide bonds. The zero-order valence-electron chi connectivity index (χ0n) is 18.6. The van der Waals surface area contributed by atoms with Crippen LogP contribution in [0.3, 0.4) is 0 Å². The molecule has 35 heavy (non-hydrogen) atoms. The number of ether oxygens (including phenoxy) is 2. The van der Waals surface area contributed by atoms with Crippen LogP contribution in [0, 0.1) is 0 Å². The highest BCUT2D eigenvalue weighted by Crippen LogP contribution is 2.58. The van der Waals surface area contributed by atoms with Gasteiger partial charge in [-0.1, -0.05) is 35.3 Å². The lowest BCUT2D eigenvalue weighted by Crippen LogP contribution is -2.26. The topological polar surface area (TPSA) is 111 Å². The van der Waals surface area contributed by atoms with Crippen molar-refractivity contribution in [2.24, 2.45) is 0 Å². The van der Waals surface area contributed by atoms with Crippen molar-refractivity contribution in [2.45, 2.75) is 25.6 Å². The summed E-state index contributed by atoms with van der Waals surface area (Å²) in [4.78, 5) is 35.5. The molecule has 0 saturated heterocycles. The van der Waals surface area contributed by atoms with Gasteiger partial charge >= 0.3 is 13.8 Å². The van der Waals surface area contributed by atoms with Crippen LogP contribution >= 0.6 is 42.1 Å². The number of nitrogens with one attached hydrogen (secondary N) is 1. The quantitative estimate of drug-likeness (QED) is 0.170. The van der Waals surface area contributed by atoms with E-state index in [4.69, 9.17) is 37.2 Å². The molecule has 0 spiro atoms. The van der Waals surface area contributed by atoms with E-state index in [0.717, 1.165) is 4.70 Å². The fraction of sp³-hybridized carbons (Fsp3) is 0.217. The van der Waals surface area contributed by atoms with Crippen LogP contribution in [0.25, 0.3) is 16.2 Å². The van der Waals surface area contributed by atoms with Gasteiger partial charge < -0.3 is 19.7 Å². The SMILES string of the molecule is CC(C)OC(=O)OCOP(=O)(O)C(C(=O)N/C=C/c1cccc(Cl)c1)c1csc2ccc(Cl)cc12. The van der Waals surface area contributed by atoms with Crippen LogP contribution in [0.2, 0.25) is 10.0 Å². The minimum Gasteiger partial charge on any atom is -0.432 e. The Kier molecular flexibility index (Phi) is 9.35. The first-order valence-corrected chi connectivity index (χ1v) is 13.5. The van der Waals surface area contributed by atoms with E-state index in [-0.39, 0.29) is 5.56 Å². The summed E-state index contributed by atoms with van der Waals surface area (Å²) in [5.74, 6) is -0.807. The molecule has 3 rings (SSSR count). The highest BCUT2D eigenvalue weighted by atomic mass is 35.5. The lowest BCUT2D eigenvalue weighted by atomic mass is 10.1. The molecule has 12 heteroatoms. The normalized spacial score (nSPS) is 14.1. The van der Waals surface area contributed by atoms with Gasteiger partial charge in [0.1, 0.15) is 0 Å². The Bertz CT molecular complexity index is 1290. The Hall–Kier alpha value is -2.39. The molecule has 0 aliphatic carbocycles. The summed E-state index contributed by atoms with van der Waals surface area (Å²) in [6.45, 7) is 2.34. The summed E-state index contributed by atoms with van der Waals surface area (Å²) in [5.41, 5.74) is -0.678. The molecule has 0 aliphatic heterocycles. The van der Waals surface area contributed by atoms with Gasteiger partial charge in [-0.3, -0.25) is 13.9 Å². The van der Waals surface area contributed by atoms with E-state index >= 15 is 0 Å². The van der Waals surface area contributed by atoms with Gasteiger partial charge in [0.25, 0.3) is 0 Å². The fourth-order valence-corrected chi connectivity index (χ4v) is 5.79. The first-order valence-electron chi connectivity index (χ1n) is 10.3. The van der Waals surface area contributed by atoms with Crippen molar-refractivity contribution in [1.82, 2.24) is 5.32 Å². The van der Waals surface area contributed by atoms with Crippen LogP contribution in [0.4, 0.5) is 4.79 Å². The van der Waals surface area contributed by atoms with Crippen molar-refractivity contribution in [3.8, 4) is 0 Å². The summed E-state index contributed by atoms with van der Waals surface area (Å²) in [7, 11) is -4.71. The summed E-state index contributed by atoms with van der Waals surface area (Å²) >= 11 is 13.4. The summed E-state index contributed by atoms with van der Waals surface area (Å²) in [5, 5.41) is 5.54. The van der Waals surface area contributed by atoms with Gasteiger partial charge in [-0.05, 0) is 72.1 Å². The highest BCUT2D eigenvalue weighted by Gasteiger charge is 2.41. The number of thiophene rings is 1. The molecule has 2 unspecified atom stereocenters. The van der Waals surface area contributed by atoms with E-state index in [1.165, 1.54) is 17.5 Å². The van der Waals surface area contributed by atoms with E-state index < -0.39 is 38.2 Å². The largest absolute Gasteiger partial charge is 0.510 e. The van der Waals surface area contributed by atoms with Gasteiger partial charge in [0.15, 0.2) is 5.66 Å². The average Bonchev–Trinajstić information content (AvgIpc) is 3.15. The third-order valence-corrected chi connectivity index (χ3v) is 7.62. The lowest BCUT2D eigenvalue weighted by molar-refractivity contribution is -0.120. The maximum absolute atomic E-state index is 13.2.